The molecule has 1 amide bonds. The molecule has 2 rings (SSSR count). The number of amides is 1. The van der Waals surface area contributed by atoms with Crippen LogP contribution < -0.4 is 5.32 Å². The molecule has 0 saturated heterocycles. The van der Waals surface area contributed by atoms with E-state index >= 15 is 0 Å². The Morgan fingerprint density at radius 2 is 2.00 bits per heavy atom. The average molecular weight is 304 g/mol. The Labute approximate surface area is 126 Å². The van der Waals surface area contributed by atoms with Crippen LogP contribution >= 0.6 is 11.3 Å². The summed E-state index contributed by atoms with van der Waals surface area (Å²) in [6, 6.07) is 9.19. The third-order valence-electron chi connectivity index (χ3n) is 3.03. The molecule has 1 aromatic carbocycles. The van der Waals surface area contributed by atoms with Crippen molar-refractivity contribution in [1.29, 1.82) is 0 Å². The van der Waals surface area contributed by atoms with Crippen molar-refractivity contribution in [2.75, 3.05) is 5.32 Å². The topological polar surface area (TPSA) is 79.3 Å². The van der Waals surface area contributed by atoms with E-state index in [0.717, 1.165) is 5.69 Å². The van der Waals surface area contributed by atoms with Gasteiger partial charge in [0.25, 0.3) is 0 Å². The summed E-state index contributed by atoms with van der Waals surface area (Å²) in [6.07, 6.45) is -0.0590. The van der Waals surface area contributed by atoms with Gasteiger partial charge < -0.3 is 10.4 Å². The summed E-state index contributed by atoms with van der Waals surface area (Å²) in [6.45, 7) is 3.53. The molecule has 5 nitrogen and oxygen atoms in total. The van der Waals surface area contributed by atoms with Crippen molar-refractivity contribution in [2.24, 2.45) is 0 Å². The van der Waals surface area contributed by atoms with Crippen LogP contribution in [0.25, 0.3) is 0 Å². The van der Waals surface area contributed by atoms with Crippen LogP contribution in [-0.4, -0.2) is 22.0 Å². The number of carbonyl (C=O) groups is 2. The Hall–Kier alpha value is -2.21. The molecule has 21 heavy (non-hydrogen) atoms. The Bertz CT molecular complexity index is 652. The summed E-state index contributed by atoms with van der Waals surface area (Å²) in [5.41, 5.74) is 1.41. The van der Waals surface area contributed by atoms with Crippen molar-refractivity contribution < 1.29 is 14.7 Å². The predicted octanol–water partition coefficient (Wildman–Crippen LogP) is 2.82. The molecule has 0 spiro atoms. The second-order valence-electron chi connectivity index (χ2n) is 4.71. The number of hydrogen-bond donors (Lipinski definition) is 2. The maximum atomic E-state index is 12.2. The van der Waals surface area contributed by atoms with E-state index in [1.807, 2.05) is 30.3 Å². The van der Waals surface area contributed by atoms with E-state index in [1.54, 1.807) is 13.8 Å². The molecule has 0 bridgehead atoms. The average Bonchev–Trinajstić information content (AvgIpc) is 2.79. The van der Waals surface area contributed by atoms with Crippen molar-refractivity contribution in [2.45, 2.75) is 26.2 Å². The number of carbonyl (C=O) groups excluding carboxylic acids is 1. The number of hydrogen-bond acceptors (Lipinski definition) is 4. The van der Waals surface area contributed by atoms with Crippen LogP contribution in [0.4, 0.5) is 5.69 Å². The van der Waals surface area contributed by atoms with E-state index in [2.05, 4.69) is 10.3 Å². The van der Waals surface area contributed by atoms with E-state index in [4.69, 9.17) is 5.11 Å². The molecule has 2 aromatic rings. The van der Waals surface area contributed by atoms with Crippen molar-refractivity contribution in [1.82, 2.24) is 4.98 Å². The Morgan fingerprint density at radius 3 is 2.62 bits per heavy atom. The van der Waals surface area contributed by atoms with Gasteiger partial charge in [-0.2, -0.15) is 0 Å². The van der Waals surface area contributed by atoms with E-state index < -0.39 is 11.9 Å². The maximum absolute atomic E-state index is 12.2. The minimum Gasteiger partial charge on any atom is -0.481 e. The lowest BCUT2D eigenvalue weighted by atomic mass is 10.1. The van der Waals surface area contributed by atoms with Gasteiger partial charge in [0.05, 0.1) is 18.0 Å². The second-order valence-corrected chi connectivity index (χ2v) is 5.82. The number of carboxylic acid groups (broad SMARTS) is 1. The molecule has 110 valence electrons. The van der Waals surface area contributed by atoms with Gasteiger partial charge in [-0.1, -0.05) is 18.2 Å². The fraction of sp³-hybridized carbons (Fsp3) is 0.267. The number of nitrogens with one attached hydrogen (secondary N) is 1. The molecule has 0 radical (unpaired) electrons. The first-order valence-corrected chi connectivity index (χ1v) is 7.33. The zero-order chi connectivity index (χ0) is 15.4. The summed E-state index contributed by atoms with van der Waals surface area (Å²) >= 11 is 1.28. The van der Waals surface area contributed by atoms with Gasteiger partial charge in [0.15, 0.2) is 0 Å². The minimum atomic E-state index is -0.894. The van der Waals surface area contributed by atoms with E-state index in [0.29, 0.717) is 15.6 Å². The van der Waals surface area contributed by atoms with Gasteiger partial charge in [-0.25, -0.2) is 4.98 Å². The molecule has 2 N–H and O–H groups in total. The van der Waals surface area contributed by atoms with Crippen LogP contribution in [0.5, 0.6) is 0 Å². The van der Waals surface area contributed by atoms with Crippen molar-refractivity contribution in [3.63, 3.8) is 0 Å². The number of aliphatic carboxylic acids is 1. The number of aromatic nitrogens is 1. The third-order valence-corrected chi connectivity index (χ3v) is 4.37. The highest BCUT2D eigenvalue weighted by molar-refractivity contribution is 7.12. The van der Waals surface area contributed by atoms with Gasteiger partial charge in [0.2, 0.25) is 5.91 Å². The normalized spacial score (nSPS) is 11.9. The van der Waals surface area contributed by atoms with Gasteiger partial charge >= 0.3 is 5.97 Å². The number of carboxylic acids is 1. The van der Waals surface area contributed by atoms with Crippen molar-refractivity contribution >= 4 is 28.9 Å². The fourth-order valence-electron chi connectivity index (χ4n) is 1.82. The molecule has 1 heterocycles. The number of aryl methyl sites for hydroxylation is 1. The van der Waals surface area contributed by atoms with Gasteiger partial charge in [0.1, 0.15) is 5.01 Å². The first-order valence-electron chi connectivity index (χ1n) is 6.51. The molecular formula is C15H16N2O3S. The monoisotopic (exact) mass is 304 g/mol. The van der Waals surface area contributed by atoms with Crippen LogP contribution in [0.15, 0.2) is 30.3 Å². The van der Waals surface area contributed by atoms with E-state index in [1.165, 1.54) is 11.3 Å². The van der Waals surface area contributed by atoms with Crippen molar-refractivity contribution in [3.05, 3.63) is 45.9 Å². The van der Waals surface area contributed by atoms with Crippen LogP contribution in [0, 0.1) is 6.92 Å². The van der Waals surface area contributed by atoms with E-state index in [-0.39, 0.29) is 12.3 Å². The fourth-order valence-corrected chi connectivity index (χ4v) is 2.93. The van der Waals surface area contributed by atoms with E-state index in [9.17, 15) is 9.59 Å². The molecule has 1 atom stereocenters. The Balaban J connectivity index is 2.10. The Morgan fingerprint density at radius 1 is 1.33 bits per heavy atom. The van der Waals surface area contributed by atoms with Crippen LogP contribution in [0.2, 0.25) is 0 Å². The molecule has 6 heteroatoms. The molecule has 0 fully saturated rings. The number of thiazole rings is 1. The summed E-state index contributed by atoms with van der Waals surface area (Å²) in [5, 5.41) is 12.3. The first kappa shape index (κ1) is 15.2. The number of anilines is 1. The number of benzene rings is 1. The maximum Gasteiger partial charge on any atom is 0.308 e. The molecule has 0 aliphatic carbocycles. The quantitative estimate of drug-likeness (QED) is 0.890. The summed E-state index contributed by atoms with van der Waals surface area (Å²) in [5.74, 6) is -1.47. The van der Waals surface area contributed by atoms with Crippen molar-refractivity contribution in [3.8, 4) is 0 Å². The molecule has 0 aliphatic heterocycles. The standard InChI is InChI=1S/C15H16N2O3S/c1-9(14(20)17-11-6-4-3-5-7-11)15-16-10(2)12(21-15)8-13(18)19/h3-7,9H,8H2,1-2H3,(H,17,20)(H,18,19). The number of para-hydroxylation sites is 1. The summed E-state index contributed by atoms with van der Waals surface area (Å²) in [4.78, 5) is 28.0. The SMILES string of the molecule is Cc1nc(C(C)C(=O)Nc2ccccc2)sc1CC(=O)O. The number of nitrogens with zero attached hydrogens (tertiary/aromatic N) is 1. The highest BCUT2D eigenvalue weighted by Gasteiger charge is 2.21. The molecule has 1 aromatic heterocycles. The molecule has 0 aliphatic rings. The first-order chi connectivity index (χ1) is 9.97. The largest absolute Gasteiger partial charge is 0.481 e. The van der Waals surface area contributed by atoms with Gasteiger partial charge in [-0.05, 0) is 26.0 Å². The predicted molar refractivity (Wildman–Crippen MR) is 81.7 cm³/mol. The third kappa shape index (κ3) is 3.88. The van der Waals surface area contributed by atoms with Gasteiger partial charge in [-0.15, -0.1) is 11.3 Å². The lowest BCUT2D eigenvalue weighted by molar-refractivity contribution is -0.136. The summed E-state index contributed by atoms with van der Waals surface area (Å²) in [7, 11) is 0. The van der Waals surface area contributed by atoms with Gasteiger partial charge in [0, 0.05) is 10.6 Å². The summed E-state index contributed by atoms with van der Waals surface area (Å²) < 4.78 is 0. The minimum absolute atomic E-state index is 0.0590. The van der Waals surface area contributed by atoms with Crippen LogP contribution in [-0.2, 0) is 16.0 Å². The highest BCUT2D eigenvalue weighted by Crippen LogP contribution is 2.26. The van der Waals surface area contributed by atoms with Crippen LogP contribution in [0.3, 0.4) is 0 Å². The molecular weight excluding hydrogens is 288 g/mol. The lowest BCUT2D eigenvalue weighted by Gasteiger charge is -2.09. The number of rotatable bonds is 5. The lowest BCUT2D eigenvalue weighted by Crippen LogP contribution is -2.18. The Kier molecular flexibility index (Phi) is 4.70. The molecule has 1 unspecified atom stereocenters. The van der Waals surface area contributed by atoms with Crippen LogP contribution in [0.1, 0.15) is 28.4 Å². The second kappa shape index (κ2) is 6.49. The smallest absolute Gasteiger partial charge is 0.308 e. The zero-order valence-electron chi connectivity index (χ0n) is 11.8. The zero-order valence-corrected chi connectivity index (χ0v) is 12.6. The van der Waals surface area contributed by atoms with Gasteiger partial charge in [-0.3, -0.25) is 9.59 Å². The molecule has 0 saturated carbocycles. The highest BCUT2D eigenvalue weighted by atomic mass is 32.1.